The van der Waals surface area contributed by atoms with Crippen LogP contribution >= 0.6 is 22.9 Å². The number of hydrogen-bond donors (Lipinski definition) is 1. The van der Waals surface area contributed by atoms with Gasteiger partial charge >= 0.3 is 6.09 Å². The van der Waals surface area contributed by atoms with E-state index in [1.807, 2.05) is 35.9 Å². The summed E-state index contributed by atoms with van der Waals surface area (Å²) < 4.78 is 0. The molecule has 1 atom stereocenters. The molecule has 3 nitrogen and oxygen atoms in total. The summed E-state index contributed by atoms with van der Waals surface area (Å²) in [6.07, 6.45) is -0.985. The first-order chi connectivity index (χ1) is 8.61. The molecule has 1 amide bonds. The minimum atomic E-state index is -0.985. The van der Waals surface area contributed by atoms with E-state index < -0.39 is 6.09 Å². The first kappa shape index (κ1) is 12.9. The summed E-state index contributed by atoms with van der Waals surface area (Å²) in [5, 5.41) is 13.6. The lowest BCUT2D eigenvalue weighted by atomic mass is 10.1. The Morgan fingerprint density at radius 2 is 2.11 bits per heavy atom. The van der Waals surface area contributed by atoms with Gasteiger partial charge in [0.05, 0.1) is 11.7 Å². The first-order valence-electron chi connectivity index (χ1n) is 5.40. The molecule has 0 radical (unpaired) electrons. The summed E-state index contributed by atoms with van der Waals surface area (Å²) in [6, 6.07) is 8.74. The average molecular weight is 282 g/mol. The van der Waals surface area contributed by atoms with Crippen molar-refractivity contribution in [3.05, 3.63) is 51.7 Å². The van der Waals surface area contributed by atoms with Crippen molar-refractivity contribution in [1.29, 1.82) is 0 Å². The van der Waals surface area contributed by atoms with Crippen molar-refractivity contribution < 1.29 is 9.90 Å². The predicted molar refractivity (Wildman–Crippen MR) is 74.7 cm³/mol. The van der Waals surface area contributed by atoms with Crippen LogP contribution in [0.2, 0.25) is 5.02 Å². The minimum Gasteiger partial charge on any atom is -0.465 e. The second-order valence-corrected chi connectivity index (χ2v) is 5.02. The molecule has 0 saturated heterocycles. The zero-order valence-electron chi connectivity index (χ0n) is 9.71. The molecule has 1 N–H and O–H groups in total. The Bertz CT molecular complexity index is 542. The van der Waals surface area contributed by atoms with Gasteiger partial charge in [0.25, 0.3) is 0 Å². The fourth-order valence-electron chi connectivity index (χ4n) is 1.85. The van der Waals surface area contributed by atoms with Gasteiger partial charge in [-0.05, 0) is 30.0 Å². The predicted octanol–water partition coefficient (Wildman–Crippen LogP) is 4.65. The molecule has 1 unspecified atom stereocenters. The molecule has 0 bridgehead atoms. The summed E-state index contributed by atoms with van der Waals surface area (Å²) in [5.74, 6) is 0. The summed E-state index contributed by atoms with van der Waals surface area (Å²) >= 11 is 7.58. The molecule has 1 aromatic heterocycles. The number of carbonyl (C=O) groups is 1. The Balaban J connectivity index is 2.39. The number of anilines is 1. The van der Waals surface area contributed by atoms with Crippen molar-refractivity contribution in [2.75, 3.05) is 4.90 Å². The molecule has 0 aliphatic carbocycles. The summed E-state index contributed by atoms with van der Waals surface area (Å²) in [5.41, 5.74) is 1.47. The number of benzene rings is 1. The van der Waals surface area contributed by atoms with E-state index in [1.165, 1.54) is 16.2 Å². The third kappa shape index (κ3) is 2.49. The van der Waals surface area contributed by atoms with E-state index in [0.29, 0.717) is 10.7 Å². The van der Waals surface area contributed by atoms with Gasteiger partial charge < -0.3 is 5.11 Å². The molecule has 1 heterocycles. The van der Waals surface area contributed by atoms with E-state index in [4.69, 9.17) is 11.6 Å². The summed E-state index contributed by atoms with van der Waals surface area (Å²) in [6.45, 7) is 1.83. The van der Waals surface area contributed by atoms with Crippen LogP contribution in [0.1, 0.15) is 18.5 Å². The number of thiophene rings is 1. The van der Waals surface area contributed by atoms with Gasteiger partial charge in [-0.1, -0.05) is 29.8 Å². The summed E-state index contributed by atoms with van der Waals surface area (Å²) in [7, 11) is 0. The molecule has 0 aliphatic heterocycles. The molecule has 18 heavy (non-hydrogen) atoms. The van der Waals surface area contributed by atoms with Gasteiger partial charge in [0.15, 0.2) is 0 Å². The van der Waals surface area contributed by atoms with E-state index in [-0.39, 0.29) is 6.04 Å². The standard InChI is InChI=1S/C13H12ClNO2S/c1-9(11-4-2-3-5-12(11)14)15(13(16)17)10-6-7-18-8-10/h2-9H,1H3,(H,16,17). The van der Waals surface area contributed by atoms with Crippen molar-refractivity contribution in [2.45, 2.75) is 13.0 Å². The zero-order chi connectivity index (χ0) is 13.1. The van der Waals surface area contributed by atoms with Crippen LogP contribution in [0.5, 0.6) is 0 Å². The fraction of sp³-hybridized carbons (Fsp3) is 0.154. The molecule has 94 valence electrons. The van der Waals surface area contributed by atoms with Crippen LogP contribution < -0.4 is 4.90 Å². The number of halogens is 1. The van der Waals surface area contributed by atoms with Gasteiger partial charge in [0.1, 0.15) is 0 Å². The Morgan fingerprint density at radius 3 is 2.67 bits per heavy atom. The highest BCUT2D eigenvalue weighted by Gasteiger charge is 2.24. The van der Waals surface area contributed by atoms with Gasteiger partial charge in [-0.15, -0.1) is 0 Å². The third-order valence-electron chi connectivity index (χ3n) is 2.73. The minimum absolute atomic E-state index is 0.328. The second kappa shape index (κ2) is 5.42. The third-order valence-corrected chi connectivity index (χ3v) is 3.75. The van der Waals surface area contributed by atoms with Gasteiger partial charge in [0.2, 0.25) is 0 Å². The van der Waals surface area contributed by atoms with E-state index in [2.05, 4.69) is 0 Å². The Hall–Kier alpha value is -1.52. The normalized spacial score (nSPS) is 12.1. The number of hydrogen-bond acceptors (Lipinski definition) is 2. The number of nitrogens with zero attached hydrogens (tertiary/aromatic N) is 1. The van der Waals surface area contributed by atoms with Crippen LogP contribution in [0, 0.1) is 0 Å². The molecule has 1 aromatic carbocycles. The van der Waals surface area contributed by atoms with Crippen LogP contribution in [-0.2, 0) is 0 Å². The quantitative estimate of drug-likeness (QED) is 0.890. The molecule has 0 aliphatic rings. The molecule has 2 rings (SSSR count). The molecule has 0 spiro atoms. The van der Waals surface area contributed by atoms with Crippen molar-refractivity contribution in [3.8, 4) is 0 Å². The van der Waals surface area contributed by atoms with Crippen molar-refractivity contribution in [2.24, 2.45) is 0 Å². The van der Waals surface area contributed by atoms with Gasteiger partial charge in [-0.3, -0.25) is 4.90 Å². The van der Waals surface area contributed by atoms with E-state index in [1.54, 1.807) is 12.1 Å². The topological polar surface area (TPSA) is 40.5 Å². The summed E-state index contributed by atoms with van der Waals surface area (Å²) in [4.78, 5) is 12.7. The smallest absolute Gasteiger partial charge is 0.412 e. The lowest BCUT2D eigenvalue weighted by Gasteiger charge is -2.26. The van der Waals surface area contributed by atoms with Crippen LogP contribution in [0.25, 0.3) is 0 Å². The SMILES string of the molecule is CC(c1ccccc1Cl)N(C(=O)O)c1ccsc1. The lowest BCUT2D eigenvalue weighted by molar-refractivity contribution is 0.199. The van der Waals surface area contributed by atoms with E-state index in [9.17, 15) is 9.90 Å². The molecule has 5 heteroatoms. The highest BCUT2D eigenvalue weighted by atomic mass is 35.5. The fourth-order valence-corrected chi connectivity index (χ4v) is 2.77. The van der Waals surface area contributed by atoms with E-state index in [0.717, 1.165) is 5.56 Å². The van der Waals surface area contributed by atoms with Gasteiger partial charge in [-0.2, -0.15) is 11.3 Å². The van der Waals surface area contributed by atoms with Gasteiger partial charge in [0, 0.05) is 10.4 Å². The van der Waals surface area contributed by atoms with Crippen molar-refractivity contribution in [1.82, 2.24) is 0 Å². The first-order valence-corrected chi connectivity index (χ1v) is 6.72. The largest absolute Gasteiger partial charge is 0.465 e. The molecular weight excluding hydrogens is 270 g/mol. The molecule has 0 fully saturated rings. The Labute approximate surface area is 114 Å². The maximum Gasteiger partial charge on any atom is 0.412 e. The molecule has 0 saturated carbocycles. The van der Waals surface area contributed by atoms with Gasteiger partial charge in [-0.25, -0.2) is 4.79 Å². The Kier molecular flexibility index (Phi) is 3.89. The highest BCUT2D eigenvalue weighted by Crippen LogP contribution is 2.32. The number of rotatable bonds is 3. The lowest BCUT2D eigenvalue weighted by Crippen LogP contribution is -2.31. The highest BCUT2D eigenvalue weighted by molar-refractivity contribution is 7.08. The Morgan fingerprint density at radius 1 is 1.39 bits per heavy atom. The average Bonchev–Trinajstić information content (AvgIpc) is 2.82. The number of amides is 1. The van der Waals surface area contributed by atoms with Crippen molar-refractivity contribution >= 4 is 34.7 Å². The monoisotopic (exact) mass is 281 g/mol. The van der Waals surface area contributed by atoms with E-state index >= 15 is 0 Å². The van der Waals surface area contributed by atoms with Crippen molar-refractivity contribution in [3.63, 3.8) is 0 Å². The maximum atomic E-state index is 11.4. The molecular formula is C13H12ClNO2S. The molecule has 2 aromatic rings. The van der Waals surface area contributed by atoms with Crippen LogP contribution in [-0.4, -0.2) is 11.2 Å². The van der Waals surface area contributed by atoms with Crippen LogP contribution in [0.15, 0.2) is 41.1 Å². The maximum absolute atomic E-state index is 11.4. The zero-order valence-corrected chi connectivity index (χ0v) is 11.3. The number of carboxylic acid groups (broad SMARTS) is 1. The van der Waals surface area contributed by atoms with Crippen LogP contribution in [0.4, 0.5) is 10.5 Å². The van der Waals surface area contributed by atoms with Crippen LogP contribution in [0.3, 0.4) is 0 Å². The second-order valence-electron chi connectivity index (χ2n) is 3.83.